The van der Waals surface area contributed by atoms with E-state index in [1.165, 1.54) is 6.42 Å². The summed E-state index contributed by atoms with van der Waals surface area (Å²) in [5, 5.41) is 10.5. The first kappa shape index (κ1) is 10.4. The van der Waals surface area contributed by atoms with Gasteiger partial charge in [0.15, 0.2) is 0 Å². The van der Waals surface area contributed by atoms with Gasteiger partial charge in [-0.25, -0.2) is 0 Å². The largest absolute Gasteiger partial charge is 0.377 e. The van der Waals surface area contributed by atoms with Crippen molar-refractivity contribution >= 4 is 12.6 Å². The summed E-state index contributed by atoms with van der Waals surface area (Å²) in [6.07, 6.45) is 8.48. The molecule has 0 aromatic carbocycles. The predicted octanol–water partition coefficient (Wildman–Crippen LogP) is 2.11. The molecular formula is C12H18OS. The van der Waals surface area contributed by atoms with Gasteiger partial charge in [0.2, 0.25) is 0 Å². The van der Waals surface area contributed by atoms with E-state index in [1.54, 1.807) is 0 Å². The van der Waals surface area contributed by atoms with Crippen molar-refractivity contribution in [1.82, 2.24) is 0 Å². The molecule has 0 radical (unpaired) electrons. The summed E-state index contributed by atoms with van der Waals surface area (Å²) in [6, 6.07) is 0. The zero-order valence-corrected chi connectivity index (χ0v) is 9.77. The average molecular weight is 210 g/mol. The number of hydrogen-bond acceptors (Lipinski definition) is 2. The highest BCUT2D eigenvalue weighted by Crippen LogP contribution is 2.69. The molecule has 2 rings (SSSR count). The second-order valence-corrected chi connectivity index (χ2v) is 5.72. The normalized spacial score (nSPS) is 49.2. The van der Waals surface area contributed by atoms with Crippen LogP contribution in [-0.4, -0.2) is 16.5 Å². The molecule has 2 aliphatic rings. The van der Waals surface area contributed by atoms with E-state index in [0.717, 1.165) is 12.8 Å². The van der Waals surface area contributed by atoms with E-state index in [4.69, 9.17) is 6.42 Å². The lowest BCUT2D eigenvalue weighted by atomic mass is 9.64. The van der Waals surface area contributed by atoms with Crippen molar-refractivity contribution in [1.29, 1.82) is 0 Å². The van der Waals surface area contributed by atoms with Gasteiger partial charge < -0.3 is 5.11 Å². The Hall–Kier alpha value is -0.130. The van der Waals surface area contributed by atoms with Gasteiger partial charge in [-0.2, -0.15) is 12.6 Å². The summed E-state index contributed by atoms with van der Waals surface area (Å²) in [5.74, 6) is 3.88. The molecule has 2 heteroatoms. The van der Waals surface area contributed by atoms with E-state index in [9.17, 15) is 5.11 Å². The summed E-state index contributed by atoms with van der Waals surface area (Å²) in [6.45, 7) is 4.46. The van der Waals surface area contributed by atoms with Crippen molar-refractivity contribution in [2.75, 3.05) is 5.75 Å². The zero-order chi connectivity index (χ0) is 10.6. The van der Waals surface area contributed by atoms with E-state index in [2.05, 4.69) is 32.4 Å². The molecule has 1 N–H and O–H groups in total. The van der Waals surface area contributed by atoms with Crippen molar-refractivity contribution in [3.05, 3.63) is 0 Å². The number of terminal acetylenes is 1. The molecule has 0 aliphatic heterocycles. The van der Waals surface area contributed by atoms with Crippen LogP contribution < -0.4 is 0 Å². The van der Waals surface area contributed by atoms with Gasteiger partial charge in [-0.15, -0.1) is 6.42 Å². The Balaban J connectivity index is 2.53. The third-order valence-electron chi connectivity index (χ3n) is 5.02. The van der Waals surface area contributed by atoms with Crippen molar-refractivity contribution in [2.24, 2.45) is 16.7 Å². The fraction of sp³-hybridized carbons (Fsp3) is 0.833. The maximum Gasteiger partial charge on any atom is 0.132 e. The third-order valence-corrected chi connectivity index (χ3v) is 5.56. The van der Waals surface area contributed by atoms with E-state index >= 15 is 0 Å². The lowest BCUT2D eigenvalue weighted by Gasteiger charge is -2.44. The second-order valence-electron chi connectivity index (χ2n) is 5.41. The molecule has 0 heterocycles. The fourth-order valence-electron chi connectivity index (χ4n) is 3.75. The van der Waals surface area contributed by atoms with E-state index < -0.39 is 5.60 Å². The van der Waals surface area contributed by atoms with Crippen LogP contribution in [0.3, 0.4) is 0 Å². The Morgan fingerprint density at radius 1 is 1.57 bits per heavy atom. The minimum absolute atomic E-state index is 0.135. The molecule has 2 aliphatic carbocycles. The Bertz CT molecular complexity index is 304. The molecule has 2 fully saturated rings. The molecule has 2 saturated carbocycles. The van der Waals surface area contributed by atoms with E-state index in [1.807, 2.05) is 0 Å². The number of rotatable bonds is 1. The van der Waals surface area contributed by atoms with Crippen LogP contribution in [0.1, 0.15) is 33.1 Å². The molecule has 78 valence electrons. The first-order valence-electron chi connectivity index (χ1n) is 5.24. The molecular weight excluding hydrogens is 192 g/mol. The molecule has 0 saturated heterocycles. The summed E-state index contributed by atoms with van der Waals surface area (Å²) < 4.78 is 0. The molecule has 2 bridgehead atoms. The van der Waals surface area contributed by atoms with Crippen molar-refractivity contribution in [3.63, 3.8) is 0 Å². The molecule has 14 heavy (non-hydrogen) atoms. The van der Waals surface area contributed by atoms with Crippen LogP contribution in [0.25, 0.3) is 0 Å². The van der Waals surface area contributed by atoms with Crippen LogP contribution in [0.2, 0.25) is 0 Å². The maximum atomic E-state index is 10.5. The minimum atomic E-state index is -0.916. The van der Waals surface area contributed by atoms with Gasteiger partial charge in [-0.3, -0.25) is 0 Å². The first-order chi connectivity index (χ1) is 6.43. The third kappa shape index (κ3) is 0.840. The molecule has 3 atom stereocenters. The Morgan fingerprint density at radius 2 is 2.21 bits per heavy atom. The highest BCUT2D eigenvalue weighted by molar-refractivity contribution is 7.80. The Kier molecular flexibility index (Phi) is 2.01. The van der Waals surface area contributed by atoms with Crippen LogP contribution in [0.15, 0.2) is 0 Å². The van der Waals surface area contributed by atoms with Gasteiger partial charge >= 0.3 is 0 Å². The zero-order valence-electron chi connectivity index (χ0n) is 8.88. The van der Waals surface area contributed by atoms with Crippen molar-refractivity contribution in [2.45, 2.75) is 38.7 Å². The molecule has 0 aromatic rings. The van der Waals surface area contributed by atoms with Crippen LogP contribution in [0.4, 0.5) is 0 Å². The van der Waals surface area contributed by atoms with Gasteiger partial charge in [0, 0.05) is 11.2 Å². The molecule has 0 aromatic heterocycles. The van der Waals surface area contributed by atoms with Crippen LogP contribution in [0.5, 0.6) is 0 Å². The smallest absolute Gasteiger partial charge is 0.132 e. The average Bonchev–Trinajstić information content (AvgIpc) is 2.49. The molecule has 0 spiro atoms. The van der Waals surface area contributed by atoms with Gasteiger partial charge in [0.05, 0.1) is 0 Å². The lowest BCUT2D eigenvalue weighted by molar-refractivity contribution is -0.0392. The van der Waals surface area contributed by atoms with Crippen LogP contribution in [0, 0.1) is 29.1 Å². The van der Waals surface area contributed by atoms with Gasteiger partial charge in [0.25, 0.3) is 0 Å². The predicted molar refractivity (Wildman–Crippen MR) is 61.2 cm³/mol. The van der Waals surface area contributed by atoms with E-state index in [0.29, 0.717) is 11.7 Å². The summed E-state index contributed by atoms with van der Waals surface area (Å²) in [5.41, 5.74) is -0.945. The second kappa shape index (κ2) is 2.71. The van der Waals surface area contributed by atoms with Gasteiger partial charge in [0.1, 0.15) is 5.60 Å². The quantitative estimate of drug-likeness (QED) is 0.502. The maximum absolute atomic E-state index is 10.5. The van der Waals surface area contributed by atoms with E-state index in [-0.39, 0.29) is 10.8 Å². The van der Waals surface area contributed by atoms with Gasteiger partial charge in [-0.05, 0) is 30.6 Å². The monoisotopic (exact) mass is 210 g/mol. The summed E-state index contributed by atoms with van der Waals surface area (Å²) in [7, 11) is 0. The minimum Gasteiger partial charge on any atom is -0.377 e. The number of thiol groups is 1. The summed E-state index contributed by atoms with van der Waals surface area (Å²) >= 11 is 4.43. The highest BCUT2D eigenvalue weighted by Gasteiger charge is 2.69. The first-order valence-corrected chi connectivity index (χ1v) is 5.88. The Labute approximate surface area is 91.7 Å². The SMILES string of the molecule is C#CC1(O)CC2CCC1(CS)C2(C)C. The van der Waals surface area contributed by atoms with Crippen LogP contribution >= 0.6 is 12.6 Å². The topological polar surface area (TPSA) is 20.2 Å². The van der Waals surface area contributed by atoms with Gasteiger partial charge in [-0.1, -0.05) is 19.8 Å². The number of fused-ring (bicyclic) bond motifs is 2. The fourth-order valence-corrected chi connectivity index (χ4v) is 4.58. The molecule has 3 unspecified atom stereocenters. The molecule has 1 nitrogen and oxygen atoms in total. The number of aliphatic hydroxyl groups is 1. The molecule has 0 amide bonds. The Morgan fingerprint density at radius 3 is 2.57 bits per heavy atom. The highest BCUT2D eigenvalue weighted by atomic mass is 32.1. The summed E-state index contributed by atoms with van der Waals surface area (Å²) in [4.78, 5) is 0. The number of hydrogen-bond donors (Lipinski definition) is 2. The van der Waals surface area contributed by atoms with Crippen molar-refractivity contribution in [3.8, 4) is 12.3 Å². The lowest BCUT2D eigenvalue weighted by Crippen LogP contribution is -2.49. The standard InChI is InChI=1S/C12H18OS/c1-4-12(13)7-9-5-6-11(12,8-14)10(9,2)3/h1,9,13-14H,5-8H2,2-3H3. The van der Waals surface area contributed by atoms with Crippen LogP contribution in [-0.2, 0) is 0 Å². The van der Waals surface area contributed by atoms with Crippen molar-refractivity contribution < 1.29 is 5.11 Å².